The van der Waals surface area contributed by atoms with E-state index in [1.165, 1.54) is 18.2 Å². The summed E-state index contributed by atoms with van der Waals surface area (Å²) in [5.41, 5.74) is 4.01. The summed E-state index contributed by atoms with van der Waals surface area (Å²) >= 11 is 0. The average Bonchev–Trinajstić information content (AvgIpc) is 2.77. The van der Waals surface area contributed by atoms with Crippen LogP contribution in [-0.2, 0) is 30.2 Å². The van der Waals surface area contributed by atoms with Gasteiger partial charge in [0.05, 0.1) is 18.6 Å². The van der Waals surface area contributed by atoms with E-state index in [9.17, 15) is 24.3 Å². The van der Waals surface area contributed by atoms with E-state index in [0.717, 1.165) is 0 Å². The smallest absolute Gasteiger partial charge is 0.480 e. The summed E-state index contributed by atoms with van der Waals surface area (Å²) in [5.74, 6) is -1.98. The fourth-order valence-electron chi connectivity index (χ4n) is 3.05. The summed E-state index contributed by atoms with van der Waals surface area (Å²) < 4.78 is 25.9. The van der Waals surface area contributed by atoms with Crippen molar-refractivity contribution < 1.29 is 48.0 Å². The van der Waals surface area contributed by atoms with Crippen molar-refractivity contribution in [3.05, 3.63) is 23.8 Å². The number of carboxylic acid groups (broad SMARTS) is 1. The summed E-state index contributed by atoms with van der Waals surface area (Å²) in [6, 6.07) is 4.15. The van der Waals surface area contributed by atoms with Gasteiger partial charge in [0.15, 0.2) is 11.5 Å². The Morgan fingerprint density at radius 3 is 1.82 bits per heavy atom. The van der Waals surface area contributed by atoms with Crippen molar-refractivity contribution in [2.75, 3.05) is 13.2 Å². The van der Waals surface area contributed by atoms with Gasteiger partial charge in [-0.3, -0.25) is 9.59 Å². The largest absolute Gasteiger partial charge is 0.513 e. The van der Waals surface area contributed by atoms with Crippen LogP contribution in [0.5, 0.6) is 11.5 Å². The second-order valence-electron chi connectivity index (χ2n) is 11.2. The number of esters is 1. The van der Waals surface area contributed by atoms with Crippen LogP contribution in [-0.4, -0.2) is 54.2 Å². The highest BCUT2D eigenvalue weighted by molar-refractivity contribution is 5.79. The first kappa shape index (κ1) is 32.7. The Kier molecular flexibility index (Phi) is 12.0. The van der Waals surface area contributed by atoms with E-state index in [1.54, 1.807) is 27.7 Å². The molecule has 0 fully saturated rings. The Hall–Kier alpha value is -3.34. The van der Waals surface area contributed by atoms with Crippen LogP contribution in [0, 0.1) is 17.3 Å². The molecule has 0 bridgehead atoms. The summed E-state index contributed by atoms with van der Waals surface area (Å²) in [5, 5.41) is 9.89. The topological polar surface area (TPSA) is 161 Å². The normalized spacial score (nSPS) is 13.9. The van der Waals surface area contributed by atoms with Crippen LogP contribution in [0.4, 0.5) is 9.59 Å². The molecule has 11 heteroatoms. The van der Waals surface area contributed by atoms with Gasteiger partial charge in [0.1, 0.15) is 11.6 Å². The Labute approximate surface area is 223 Å². The highest BCUT2D eigenvalue weighted by Gasteiger charge is 2.38. The van der Waals surface area contributed by atoms with Gasteiger partial charge in [-0.15, -0.1) is 0 Å². The molecular formula is C27H41NO10. The van der Waals surface area contributed by atoms with E-state index >= 15 is 0 Å². The summed E-state index contributed by atoms with van der Waals surface area (Å²) in [6.45, 7) is 14.2. The summed E-state index contributed by atoms with van der Waals surface area (Å²) in [6.07, 6.45) is -3.22. The summed E-state index contributed by atoms with van der Waals surface area (Å²) in [4.78, 5) is 48.7. The molecule has 0 amide bonds. The molecule has 0 saturated carbocycles. The first-order chi connectivity index (χ1) is 17.4. The zero-order valence-corrected chi connectivity index (χ0v) is 23.5. The molecule has 1 aromatic rings. The maximum Gasteiger partial charge on any atom is 0.513 e. The van der Waals surface area contributed by atoms with Crippen molar-refractivity contribution in [2.45, 2.75) is 79.9 Å². The van der Waals surface area contributed by atoms with E-state index in [-0.39, 0.29) is 49.4 Å². The van der Waals surface area contributed by atoms with E-state index in [0.29, 0.717) is 5.56 Å². The SMILES string of the molecule is CC(C)COC(=O)Oc1ccc(CC(N)(C[C@H](C)OC(=O)C(C)(C)C)C(=O)O)cc1OC(=O)OCC(C)C. The zero-order valence-electron chi connectivity index (χ0n) is 23.5. The van der Waals surface area contributed by atoms with Crippen molar-refractivity contribution in [3.63, 3.8) is 0 Å². The lowest BCUT2D eigenvalue weighted by Crippen LogP contribution is -2.52. The predicted molar refractivity (Wildman–Crippen MR) is 138 cm³/mol. The molecule has 0 saturated heterocycles. The van der Waals surface area contributed by atoms with Gasteiger partial charge in [0, 0.05) is 12.8 Å². The molecule has 214 valence electrons. The third kappa shape index (κ3) is 11.4. The first-order valence-corrected chi connectivity index (χ1v) is 12.5. The fourth-order valence-corrected chi connectivity index (χ4v) is 3.05. The summed E-state index contributed by atoms with van der Waals surface area (Å²) in [7, 11) is 0. The van der Waals surface area contributed by atoms with Crippen molar-refractivity contribution in [1.82, 2.24) is 0 Å². The molecule has 0 aliphatic carbocycles. The quantitative estimate of drug-likeness (QED) is 0.215. The van der Waals surface area contributed by atoms with Gasteiger partial charge in [-0.1, -0.05) is 33.8 Å². The number of benzene rings is 1. The lowest BCUT2D eigenvalue weighted by molar-refractivity contribution is -0.160. The second kappa shape index (κ2) is 14.0. The zero-order chi connectivity index (χ0) is 29.3. The molecule has 3 N–H and O–H groups in total. The van der Waals surface area contributed by atoms with Crippen LogP contribution < -0.4 is 15.2 Å². The van der Waals surface area contributed by atoms with Gasteiger partial charge in [-0.25, -0.2) is 9.59 Å². The van der Waals surface area contributed by atoms with Crippen LogP contribution in [0.15, 0.2) is 18.2 Å². The molecule has 2 atom stereocenters. The molecule has 1 rings (SSSR count). The van der Waals surface area contributed by atoms with Gasteiger partial charge >= 0.3 is 24.2 Å². The molecule has 0 radical (unpaired) electrons. The molecule has 0 aliphatic rings. The van der Waals surface area contributed by atoms with Gasteiger partial charge in [0.25, 0.3) is 0 Å². The van der Waals surface area contributed by atoms with Crippen molar-refractivity contribution in [3.8, 4) is 11.5 Å². The number of carbonyl (C=O) groups excluding carboxylic acids is 3. The number of carboxylic acids is 1. The molecule has 0 aromatic heterocycles. The van der Waals surface area contributed by atoms with Crippen LogP contribution in [0.1, 0.15) is 67.4 Å². The Balaban J connectivity index is 3.19. The maximum atomic E-state index is 12.2. The average molecular weight is 540 g/mol. The van der Waals surface area contributed by atoms with Crippen molar-refractivity contribution in [2.24, 2.45) is 23.0 Å². The fraction of sp³-hybridized carbons (Fsp3) is 0.630. The molecule has 38 heavy (non-hydrogen) atoms. The first-order valence-electron chi connectivity index (χ1n) is 12.5. The van der Waals surface area contributed by atoms with E-state index < -0.39 is 41.3 Å². The lowest BCUT2D eigenvalue weighted by atomic mass is 9.86. The van der Waals surface area contributed by atoms with Gasteiger partial charge < -0.3 is 34.5 Å². The molecule has 0 spiro atoms. The van der Waals surface area contributed by atoms with Crippen LogP contribution >= 0.6 is 0 Å². The van der Waals surface area contributed by atoms with Gasteiger partial charge in [-0.05, 0) is 57.2 Å². The number of hydrogen-bond acceptors (Lipinski definition) is 10. The maximum absolute atomic E-state index is 12.2. The molecule has 1 aromatic carbocycles. The minimum atomic E-state index is -1.83. The number of aliphatic carboxylic acids is 1. The van der Waals surface area contributed by atoms with Gasteiger partial charge in [-0.2, -0.15) is 0 Å². The predicted octanol–water partition coefficient (Wildman–Crippen LogP) is 4.72. The highest BCUT2D eigenvalue weighted by Crippen LogP contribution is 2.32. The molecule has 0 aliphatic heterocycles. The number of hydrogen-bond donors (Lipinski definition) is 2. The highest BCUT2D eigenvalue weighted by atomic mass is 16.7. The number of nitrogens with two attached hydrogens (primary N) is 1. The number of carbonyl (C=O) groups is 4. The van der Waals surface area contributed by atoms with Crippen LogP contribution in [0.2, 0.25) is 0 Å². The third-order valence-corrected chi connectivity index (χ3v) is 4.98. The monoisotopic (exact) mass is 539 g/mol. The van der Waals surface area contributed by atoms with E-state index in [1.807, 2.05) is 27.7 Å². The minimum absolute atomic E-state index is 0.0541. The van der Waals surface area contributed by atoms with Crippen LogP contribution in [0.25, 0.3) is 0 Å². The molecule has 11 nitrogen and oxygen atoms in total. The lowest BCUT2D eigenvalue weighted by Gasteiger charge is -2.29. The number of rotatable bonds is 12. The Bertz CT molecular complexity index is 983. The van der Waals surface area contributed by atoms with Gasteiger partial charge in [0.2, 0.25) is 0 Å². The molecule has 1 unspecified atom stereocenters. The van der Waals surface area contributed by atoms with Crippen molar-refractivity contribution >= 4 is 24.2 Å². The number of ether oxygens (including phenoxy) is 5. The Morgan fingerprint density at radius 2 is 1.37 bits per heavy atom. The third-order valence-electron chi connectivity index (χ3n) is 4.98. The minimum Gasteiger partial charge on any atom is -0.480 e. The van der Waals surface area contributed by atoms with Crippen LogP contribution in [0.3, 0.4) is 0 Å². The second-order valence-corrected chi connectivity index (χ2v) is 11.2. The Morgan fingerprint density at radius 1 is 0.868 bits per heavy atom. The van der Waals surface area contributed by atoms with E-state index in [4.69, 9.17) is 29.4 Å². The van der Waals surface area contributed by atoms with Crippen molar-refractivity contribution in [1.29, 1.82) is 0 Å². The standard InChI is InChI=1S/C27H41NO10/c1-16(2)14-34-24(32)37-20-10-9-19(11-21(20)38-25(33)35-15-17(3)4)13-27(28,22(29)30)12-18(5)36-23(31)26(6,7)8/h9-11,16-18H,12-15,28H2,1-8H3,(H,29,30)/t18-,27?/m0/s1. The molecular weight excluding hydrogens is 498 g/mol. The van der Waals surface area contributed by atoms with E-state index in [2.05, 4.69) is 0 Å². The molecule has 0 heterocycles.